The van der Waals surface area contributed by atoms with E-state index in [0.717, 1.165) is 44.1 Å². The van der Waals surface area contributed by atoms with Gasteiger partial charge in [0, 0.05) is 17.3 Å². The van der Waals surface area contributed by atoms with Crippen molar-refractivity contribution in [3.05, 3.63) is 65.2 Å². The van der Waals surface area contributed by atoms with E-state index in [-0.39, 0.29) is 29.8 Å². The predicted octanol–water partition coefficient (Wildman–Crippen LogP) is 5.27. The van der Waals surface area contributed by atoms with E-state index < -0.39 is 5.66 Å². The van der Waals surface area contributed by atoms with E-state index in [2.05, 4.69) is 70.4 Å². The Morgan fingerprint density at radius 2 is 1.89 bits per heavy atom. The number of ether oxygens (including phenoxy) is 1. The van der Waals surface area contributed by atoms with Gasteiger partial charge in [0.2, 0.25) is 0 Å². The van der Waals surface area contributed by atoms with E-state index in [9.17, 15) is 9.59 Å². The molecule has 0 bridgehead atoms. The van der Waals surface area contributed by atoms with Gasteiger partial charge in [-0.1, -0.05) is 52.0 Å². The molecule has 5 rings (SSSR count). The van der Waals surface area contributed by atoms with Crippen molar-refractivity contribution in [3.8, 4) is 5.75 Å². The number of hydrogen-bond acceptors (Lipinski definition) is 8. The molecule has 1 aliphatic carbocycles. The zero-order valence-corrected chi connectivity index (χ0v) is 26.6. The molecule has 1 fully saturated rings. The lowest BCUT2D eigenvalue weighted by molar-refractivity contribution is -0.133. The third-order valence-electron chi connectivity index (χ3n) is 9.02. The van der Waals surface area contributed by atoms with Crippen molar-refractivity contribution in [2.75, 3.05) is 7.11 Å². The minimum Gasteiger partial charge on any atom is -0.495 e. The number of carbonyl (C=O) groups is 2. The lowest BCUT2D eigenvalue weighted by Gasteiger charge is -2.46. The number of nitrogens with one attached hydrogen (secondary N) is 2. The normalized spacial score (nSPS) is 21.1. The Hall–Kier alpha value is -4.15. The van der Waals surface area contributed by atoms with Crippen LogP contribution in [0.4, 0.5) is 0 Å². The van der Waals surface area contributed by atoms with Crippen LogP contribution < -0.4 is 10.1 Å². The van der Waals surface area contributed by atoms with Crippen LogP contribution in [0, 0.1) is 17.3 Å². The van der Waals surface area contributed by atoms with E-state index in [4.69, 9.17) is 9.73 Å². The second kappa shape index (κ2) is 12.8. The van der Waals surface area contributed by atoms with Gasteiger partial charge in [0.05, 0.1) is 25.9 Å². The number of rotatable bonds is 10. The summed E-state index contributed by atoms with van der Waals surface area (Å²) in [7, 11) is 1.60. The highest BCUT2D eigenvalue weighted by molar-refractivity contribution is 6.46. The minimum absolute atomic E-state index is 0.0683. The van der Waals surface area contributed by atoms with Crippen molar-refractivity contribution in [2.45, 2.75) is 91.4 Å². The summed E-state index contributed by atoms with van der Waals surface area (Å²) in [5.74, 6) is 1.87. The predicted molar refractivity (Wildman–Crippen MR) is 167 cm³/mol. The average Bonchev–Trinajstić information content (AvgIpc) is 3.63. The third kappa shape index (κ3) is 6.81. The molecule has 1 spiro atoms. The molecule has 2 amide bonds. The maximum atomic E-state index is 14.5. The molecule has 1 saturated carbocycles. The van der Waals surface area contributed by atoms with Crippen molar-refractivity contribution in [1.82, 2.24) is 35.8 Å². The van der Waals surface area contributed by atoms with Gasteiger partial charge < -0.3 is 15.0 Å². The molecular weight excluding hydrogens is 556 g/mol. The molecule has 11 nitrogen and oxygen atoms in total. The Kier molecular flexibility index (Phi) is 9.12. The first-order chi connectivity index (χ1) is 21.0. The van der Waals surface area contributed by atoms with E-state index >= 15 is 0 Å². The van der Waals surface area contributed by atoms with Gasteiger partial charge in [0.1, 0.15) is 17.1 Å². The average molecular weight is 601 g/mol. The summed E-state index contributed by atoms with van der Waals surface area (Å²) in [6, 6.07) is 9.22. The number of amides is 2. The van der Waals surface area contributed by atoms with Gasteiger partial charge in [-0.2, -0.15) is 5.21 Å². The van der Waals surface area contributed by atoms with Gasteiger partial charge in [-0.05, 0) is 79.5 Å². The topological polar surface area (TPSA) is 138 Å². The van der Waals surface area contributed by atoms with Crippen molar-refractivity contribution in [1.29, 1.82) is 0 Å². The molecule has 2 aromatic heterocycles. The first kappa shape index (κ1) is 31.3. The molecule has 0 radical (unpaired) electrons. The van der Waals surface area contributed by atoms with E-state index in [1.165, 1.54) is 0 Å². The maximum Gasteiger partial charge on any atom is 0.275 e. The number of tetrazole rings is 1. The monoisotopic (exact) mass is 600 g/mol. The second-order valence-corrected chi connectivity index (χ2v) is 13.6. The van der Waals surface area contributed by atoms with Crippen LogP contribution in [0.25, 0.3) is 0 Å². The van der Waals surface area contributed by atoms with Gasteiger partial charge >= 0.3 is 0 Å². The Morgan fingerprint density at radius 3 is 2.50 bits per heavy atom. The fourth-order valence-electron chi connectivity index (χ4n) is 6.40. The van der Waals surface area contributed by atoms with Crippen molar-refractivity contribution in [3.63, 3.8) is 0 Å². The van der Waals surface area contributed by atoms with Crippen molar-refractivity contribution >= 4 is 17.5 Å². The number of nitrogens with zero attached hydrogens (tertiary/aromatic N) is 6. The van der Waals surface area contributed by atoms with Crippen LogP contribution in [0.2, 0.25) is 0 Å². The molecule has 0 saturated heterocycles. The summed E-state index contributed by atoms with van der Waals surface area (Å²) in [6.07, 6.45) is 8.66. The summed E-state index contributed by atoms with van der Waals surface area (Å²) >= 11 is 0. The van der Waals surface area contributed by atoms with E-state index in [1.54, 1.807) is 19.5 Å². The number of benzene rings is 1. The van der Waals surface area contributed by atoms with Gasteiger partial charge in [0.15, 0.2) is 5.82 Å². The summed E-state index contributed by atoms with van der Waals surface area (Å²) in [5, 5.41) is 16.5. The first-order valence-corrected chi connectivity index (χ1v) is 15.5. The molecule has 3 aromatic rings. The van der Waals surface area contributed by atoms with Gasteiger partial charge in [-0.15, -0.1) is 10.2 Å². The SMILES string of the molecule is COc1cncc(C2=NC3(CCC(C(C)C)CC3)N([C@H](CCC(C)(C)C)c3ccc(C(=O)NCc4nn[nH]n4)cc3)C2=O)c1. The van der Waals surface area contributed by atoms with Gasteiger partial charge in [-0.3, -0.25) is 19.6 Å². The van der Waals surface area contributed by atoms with E-state index in [1.807, 2.05) is 30.3 Å². The van der Waals surface area contributed by atoms with E-state index in [0.29, 0.717) is 40.2 Å². The zero-order chi connectivity index (χ0) is 31.5. The van der Waals surface area contributed by atoms with Crippen LogP contribution >= 0.6 is 0 Å². The number of H-pyrrole nitrogens is 1. The van der Waals surface area contributed by atoms with Crippen LogP contribution in [0.1, 0.15) is 106 Å². The number of aromatic amines is 1. The molecule has 44 heavy (non-hydrogen) atoms. The number of aromatic nitrogens is 5. The number of carbonyl (C=O) groups excluding carboxylic acids is 2. The molecule has 1 aromatic carbocycles. The zero-order valence-electron chi connectivity index (χ0n) is 26.6. The summed E-state index contributed by atoms with van der Waals surface area (Å²) in [5.41, 5.74) is 2.06. The number of pyridine rings is 1. The quantitative estimate of drug-likeness (QED) is 0.323. The first-order valence-electron chi connectivity index (χ1n) is 15.5. The molecule has 1 atom stereocenters. The molecule has 234 valence electrons. The largest absolute Gasteiger partial charge is 0.495 e. The molecular formula is C33H44N8O3. The number of methoxy groups -OCH3 is 1. The fourth-order valence-corrected chi connectivity index (χ4v) is 6.40. The maximum absolute atomic E-state index is 14.5. The second-order valence-electron chi connectivity index (χ2n) is 13.6. The number of hydrogen-bond donors (Lipinski definition) is 2. The highest BCUT2D eigenvalue weighted by Gasteiger charge is 2.52. The van der Waals surface area contributed by atoms with Crippen LogP contribution in [0.15, 0.2) is 47.7 Å². The molecule has 2 aliphatic rings. The molecule has 1 aliphatic heterocycles. The van der Waals surface area contributed by atoms with Crippen LogP contribution in [-0.2, 0) is 11.3 Å². The Labute approximate surface area is 259 Å². The van der Waals surface area contributed by atoms with Crippen molar-refractivity contribution in [2.24, 2.45) is 22.2 Å². The molecule has 0 unspecified atom stereocenters. The highest BCUT2D eigenvalue weighted by atomic mass is 16.5. The highest BCUT2D eigenvalue weighted by Crippen LogP contribution is 2.48. The van der Waals surface area contributed by atoms with Gasteiger partial charge in [0.25, 0.3) is 11.8 Å². The molecule has 3 heterocycles. The Morgan fingerprint density at radius 1 is 1.16 bits per heavy atom. The van der Waals surface area contributed by atoms with Crippen molar-refractivity contribution < 1.29 is 14.3 Å². The lowest BCUT2D eigenvalue weighted by Crippen LogP contribution is -2.51. The summed E-state index contributed by atoms with van der Waals surface area (Å²) in [6.45, 7) is 11.4. The molecule has 11 heteroatoms. The van der Waals surface area contributed by atoms with Crippen LogP contribution in [-0.4, -0.2) is 60.8 Å². The van der Waals surface area contributed by atoms with Crippen LogP contribution in [0.5, 0.6) is 5.75 Å². The fraction of sp³-hybridized carbons (Fsp3) is 0.545. The standard InChI is InChI=1S/C33H44N8O3/c1-21(2)22-11-15-33(16-12-22)36-29(25-17-26(44-6)19-34-18-25)31(43)41(33)27(13-14-32(3,4)5)23-7-9-24(10-8-23)30(42)35-20-28-37-39-40-38-28/h7-10,17-19,21-22,27H,11-16,20H2,1-6H3,(H,35,42)(H,37,38,39,40)/t22?,27-,33?/m1/s1. The van der Waals surface area contributed by atoms with Crippen LogP contribution in [0.3, 0.4) is 0 Å². The Bertz CT molecular complexity index is 1470. The third-order valence-corrected chi connectivity index (χ3v) is 9.02. The smallest absolute Gasteiger partial charge is 0.275 e. The van der Waals surface area contributed by atoms with Gasteiger partial charge in [-0.25, -0.2) is 0 Å². The minimum atomic E-state index is -0.635. The molecule has 2 N–H and O–H groups in total. The lowest BCUT2D eigenvalue weighted by atomic mass is 9.75. The summed E-state index contributed by atoms with van der Waals surface area (Å²) in [4.78, 5) is 39.1. The number of aliphatic imine (C=N–C) groups is 1. The Balaban J connectivity index is 1.49. The summed E-state index contributed by atoms with van der Waals surface area (Å²) < 4.78 is 5.43.